The number of aliphatic imine (C=N–C) groups is 1. The van der Waals surface area contributed by atoms with E-state index in [4.69, 9.17) is 16.3 Å². The van der Waals surface area contributed by atoms with Crippen LogP contribution in [0.4, 0.5) is 0 Å². The number of hydrogen-bond acceptors (Lipinski definition) is 3. The SMILES string of the molecule is CC1=NCC(O)COc2ccc(Cl)cc21. The molecule has 1 atom stereocenters. The molecule has 0 radical (unpaired) electrons. The highest BCUT2D eigenvalue weighted by molar-refractivity contribution is 6.31. The smallest absolute Gasteiger partial charge is 0.128 e. The molecule has 2 rings (SSSR count). The second-order valence-corrected chi connectivity index (χ2v) is 3.97. The summed E-state index contributed by atoms with van der Waals surface area (Å²) in [6.45, 7) is 2.53. The number of halogens is 1. The minimum Gasteiger partial charge on any atom is -0.490 e. The zero-order valence-corrected chi connectivity index (χ0v) is 9.16. The van der Waals surface area contributed by atoms with Gasteiger partial charge >= 0.3 is 0 Å². The van der Waals surface area contributed by atoms with Crippen LogP contribution in [-0.4, -0.2) is 30.1 Å². The van der Waals surface area contributed by atoms with Crippen LogP contribution in [-0.2, 0) is 0 Å². The third-order valence-corrected chi connectivity index (χ3v) is 2.54. The Labute approximate surface area is 93.4 Å². The normalized spacial score (nSPS) is 20.7. The molecule has 0 fully saturated rings. The number of aliphatic hydroxyl groups is 1. The first-order valence-corrected chi connectivity index (χ1v) is 5.16. The van der Waals surface area contributed by atoms with Crippen LogP contribution in [0, 0.1) is 0 Å². The van der Waals surface area contributed by atoms with Crippen molar-refractivity contribution >= 4 is 17.3 Å². The topological polar surface area (TPSA) is 41.8 Å². The van der Waals surface area contributed by atoms with E-state index in [0.717, 1.165) is 17.0 Å². The van der Waals surface area contributed by atoms with Crippen LogP contribution in [0.3, 0.4) is 0 Å². The zero-order chi connectivity index (χ0) is 10.8. The van der Waals surface area contributed by atoms with Crippen molar-refractivity contribution in [1.29, 1.82) is 0 Å². The molecule has 0 saturated heterocycles. The van der Waals surface area contributed by atoms with Crippen LogP contribution in [0.5, 0.6) is 5.75 Å². The number of benzene rings is 1. The molecular weight excluding hydrogens is 214 g/mol. The Morgan fingerprint density at radius 1 is 1.53 bits per heavy atom. The lowest BCUT2D eigenvalue weighted by atomic mass is 10.1. The molecule has 1 heterocycles. The third kappa shape index (κ3) is 2.30. The molecule has 0 bridgehead atoms. The van der Waals surface area contributed by atoms with Crippen LogP contribution in [0.15, 0.2) is 23.2 Å². The summed E-state index contributed by atoms with van der Waals surface area (Å²) < 4.78 is 5.48. The molecule has 0 amide bonds. The Bertz CT molecular complexity index is 404. The molecule has 1 aliphatic heterocycles. The average molecular weight is 226 g/mol. The number of aliphatic hydroxyl groups excluding tert-OH is 1. The van der Waals surface area contributed by atoms with E-state index in [1.165, 1.54) is 0 Å². The molecule has 0 aliphatic carbocycles. The number of fused-ring (bicyclic) bond motifs is 1. The average Bonchev–Trinajstić information content (AvgIpc) is 2.22. The van der Waals surface area contributed by atoms with Crippen molar-refractivity contribution in [2.24, 2.45) is 4.99 Å². The van der Waals surface area contributed by atoms with E-state index in [-0.39, 0.29) is 6.61 Å². The quantitative estimate of drug-likeness (QED) is 0.733. The van der Waals surface area contributed by atoms with Crippen LogP contribution >= 0.6 is 11.6 Å². The molecule has 0 spiro atoms. The summed E-state index contributed by atoms with van der Waals surface area (Å²) in [5.41, 5.74) is 1.74. The Balaban J connectivity index is 2.44. The number of ether oxygens (including phenoxy) is 1. The summed E-state index contributed by atoms with van der Waals surface area (Å²) in [6.07, 6.45) is -0.538. The second-order valence-electron chi connectivity index (χ2n) is 3.53. The fourth-order valence-electron chi connectivity index (χ4n) is 1.48. The highest BCUT2D eigenvalue weighted by Gasteiger charge is 2.14. The largest absolute Gasteiger partial charge is 0.490 e. The first-order chi connectivity index (χ1) is 7.16. The monoisotopic (exact) mass is 225 g/mol. The van der Waals surface area contributed by atoms with Gasteiger partial charge in [-0.2, -0.15) is 0 Å². The van der Waals surface area contributed by atoms with E-state index in [9.17, 15) is 5.11 Å². The van der Waals surface area contributed by atoms with E-state index in [1.54, 1.807) is 12.1 Å². The van der Waals surface area contributed by atoms with Crippen molar-refractivity contribution in [3.8, 4) is 5.75 Å². The third-order valence-electron chi connectivity index (χ3n) is 2.30. The number of hydrogen-bond donors (Lipinski definition) is 1. The molecule has 15 heavy (non-hydrogen) atoms. The van der Waals surface area contributed by atoms with E-state index < -0.39 is 6.10 Å². The molecular formula is C11H12ClNO2. The van der Waals surface area contributed by atoms with Crippen molar-refractivity contribution in [2.45, 2.75) is 13.0 Å². The lowest BCUT2D eigenvalue weighted by Gasteiger charge is -2.17. The van der Waals surface area contributed by atoms with Gasteiger partial charge in [0.1, 0.15) is 18.5 Å². The minimum absolute atomic E-state index is 0.269. The first-order valence-electron chi connectivity index (χ1n) is 4.78. The highest BCUT2D eigenvalue weighted by atomic mass is 35.5. The van der Waals surface area contributed by atoms with Crippen LogP contribution in [0.1, 0.15) is 12.5 Å². The second kappa shape index (κ2) is 4.21. The summed E-state index contributed by atoms with van der Waals surface area (Å²) in [5, 5.41) is 10.1. The maximum atomic E-state index is 9.45. The van der Waals surface area contributed by atoms with Crippen LogP contribution in [0.2, 0.25) is 5.02 Å². The van der Waals surface area contributed by atoms with Gasteiger partial charge in [0.15, 0.2) is 0 Å². The van der Waals surface area contributed by atoms with Crippen molar-refractivity contribution in [1.82, 2.24) is 0 Å². The lowest BCUT2D eigenvalue weighted by molar-refractivity contribution is 0.113. The van der Waals surface area contributed by atoms with Gasteiger partial charge in [-0.15, -0.1) is 0 Å². The Kier molecular flexibility index (Phi) is 2.93. The maximum absolute atomic E-state index is 9.45. The van der Waals surface area contributed by atoms with Crippen molar-refractivity contribution in [3.63, 3.8) is 0 Å². The standard InChI is InChI=1S/C11H12ClNO2/c1-7-10-4-8(12)2-3-11(10)15-6-9(14)5-13-7/h2-4,9,14H,5-6H2,1H3. The lowest BCUT2D eigenvalue weighted by Crippen LogP contribution is -2.24. The molecule has 0 saturated carbocycles. The predicted octanol–water partition coefficient (Wildman–Crippen LogP) is 1.90. The summed E-state index contributed by atoms with van der Waals surface area (Å²) in [4.78, 5) is 4.28. The van der Waals surface area contributed by atoms with Gasteiger partial charge in [0.2, 0.25) is 0 Å². The Morgan fingerprint density at radius 2 is 2.33 bits per heavy atom. The zero-order valence-electron chi connectivity index (χ0n) is 8.40. The Morgan fingerprint density at radius 3 is 3.13 bits per heavy atom. The van der Waals surface area contributed by atoms with Crippen molar-refractivity contribution in [2.75, 3.05) is 13.2 Å². The van der Waals surface area contributed by atoms with E-state index in [0.29, 0.717) is 11.6 Å². The van der Waals surface area contributed by atoms with E-state index in [1.807, 2.05) is 13.0 Å². The van der Waals surface area contributed by atoms with Crippen LogP contribution in [0.25, 0.3) is 0 Å². The maximum Gasteiger partial charge on any atom is 0.128 e. The highest BCUT2D eigenvalue weighted by Crippen LogP contribution is 2.24. The summed E-state index contributed by atoms with van der Waals surface area (Å²) in [5.74, 6) is 0.722. The van der Waals surface area contributed by atoms with E-state index >= 15 is 0 Å². The molecule has 1 unspecified atom stereocenters. The van der Waals surface area contributed by atoms with Crippen LogP contribution < -0.4 is 4.74 Å². The van der Waals surface area contributed by atoms with Gasteiger partial charge in [-0.05, 0) is 25.1 Å². The fourth-order valence-corrected chi connectivity index (χ4v) is 1.65. The molecule has 1 aliphatic rings. The van der Waals surface area contributed by atoms with Gasteiger partial charge in [-0.25, -0.2) is 0 Å². The van der Waals surface area contributed by atoms with Crippen molar-refractivity contribution < 1.29 is 9.84 Å². The van der Waals surface area contributed by atoms with Gasteiger partial charge in [0, 0.05) is 16.3 Å². The molecule has 3 nitrogen and oxygen atoms in total. The molecule has 1 N–H and O–H groups in total. The van der Waals surface area contributed by atoms with Gasteiger partial charge < -0.3 is 9.84 Å². The first kappa shape index (κ1) is 10.5. The molecule has 1 aromatic carbocycles. The summed E-state index contributed by atoms with van der Waals surface area (Å²) >= 11 is 5.90. The predicted molar refractivity (Wildman–Crippen MR) is 60.0 cm³/mol. The van der Waals surface area contributed by atoms with E-state index in [2.05, 4.69) is 4.99 Å². The van der Waals surface area contributed by atoms with Gasteiger partial charge in [-0.1, -0.05) is 11.6 Å². The van der Waals surface area contributed by atoms with Gasteiger partial charge in [-0.3, -0.25) is 4.99 Å². The Hall–Kier alpha value is -1.06. The van der Waals surface area contributed by atoms with Gasteiger partial charge in [0.05, 0.1) is 6.54 Å². The molecule has 80 valence electrons. The summed E-state index contributed by atoms with van der Waals surface area (Å²) in [7, 11) is 0. The number of rotatable bonds is 0. The molecule has 1 aromatic rings. The minimum atomic E-state index is -0.538. The van der Waals surface area contributed by atoms with Gasteiger partial charge in [0.25, 0.3) is 0 Å². The fraction of sp³-hybridized carbons (Fsp3) is 0.364. The van der Waals surface area contributed by atoms with Crippen molar-refractivity contribution in [3.05, 3.63) is 28.8 Å². The molecule has 0 aromatic heterocycles. The number of nitrogens with zero attached hydrogens (tertiary/aromatic N) is 1. The summed E-state index contributed by atoms with van der Waals surface area (Å²) in [6, 6.07) is 5.39. The molecule has 4 heteroatoms.